The third-order valence-corrected chi connectivity index (χ3v) is 6.86. The lowest BCUT2D eigenvalue weighted by molar-refractivity contribution is -0.119. The van der Waals surface area contributed by atoms with Crippen molar-refractivity contribution in [3.05, 3.63) is 89.5 Å². The molecule has 0 fully saturated rings. The molecule has 168 valence electrons. The topological polar surface area (TPSA) is 63.7 Å². The first-order valence-corrected chi connectivity index (χ1v) is 11.9. The first-order chi connectivity index (χ1) is 15.0. The zero-order valence-electron chi connectivity index (χ0n) is 19.1. The highest BCUT2D eigenvalue weighted by Gasteiger charge is 2.31. The predicted molar refractivity (Wildman–Crippen MR) is 128 cm³/mol. The van der Waals surface area contributed by atoms with Gasteiger partial charge in [-0.3, -0.25) is 4.79 Å². The maximum Gasteiger partial charge on any atom is 0.278 e. The van der Waals surface area contributed by atoms with Gasteiger partial charge in [0.15, 0.2) is 6.61 Å². The van der Waals surface area contributed by atoms with Gasteiger partial charge in [-0.05, 0) is 55.2 Å². The highest BCUT2D eigenvalue weighted by atomic mass is 32.2. The number of carbonyl (C=O) groups excluding carboxylic acids is 1. The third-order valence-electron chi connectivity index (χ3n) is 5.10. The summed E-state index contributed by atoms with van der Waals surface area (Å²) in [6.45, 7) is 9.52. The van der Waals surface area contributed by atoms with Crippen LogP contribution in [0.2, 0.25) is 0 Å². The molecule has 5 nitrogen and oxygen atoms in total. The Hall–Kier alpha value is -3.12. The van der Waals surface area contributed by atoms with Crippen LogP contribution >= 0.6 is 0 Å². The second-order valence-electron chi connectivity index (χ2n) is 8.85. The Morgan fingerprint density at radius 1 is 0.844 bits per heavy atom. The number of amides is 1. The molecule has 0 N–H and O–H groups in total. The number of hydrogen-bond donors (Lipinski definition) is 0. The summed E-state index contributed by atoms with van der Waals surface area (Å²) < 4.78 is 33.6. The van der Waals surface area contributed by atoms with E-state index in [1.807, 2.05) is 32.0 Å². The fourth-order valence-corrected chi connectivity index (χ4v) is 4.73. The number of anilines is 1. The van der Waals surface area contributed by atoms with Crippen LogP contribution in [0.3, 0.4) is 0 Å². The van der Waals surface area contributed by atoms with E-state index in [-0.39, 0.29) is 16.0 Å². The van der Waals surface area contributed by atoms with Gasteiger partial charge in [0.2, 0.25) is 0 Å². The molecule has 0 radical (unpaired) electrons. The van der Waals surface area contributed by atoms with E-state index in [0.717, 1.165) is 21.0 Å². The molecule has 0 aliphatic carbocycles. The van der Waals surface area contributed by atoms with Gasteiger partial charge < -0.3 is 4.74 Å². The standard InChI is InChI=1S/C26H29NO4S/c1-19-10-14-21(15-11-19)27(32(29,30)22-16-12-20(2)13-17-22)25(28)18-31-24-9-7-6-8-23(24)26(3,4)5/h6-17H,18H2,1-5H3. The normalized spacial score (nSPS) is 11.8. The molecule has 0 aromatic heterocycles. The van der Waals surface area contributed by atoms with Crippen LogP contribution in [0, 0.1) is 13.8 Å². The number of para-hydroxylation sites is 1. The molecule has 0 saturated carbocycles. The number of benzene rings is 3. The number of hydrogen-bond acceptors (Lipinski definition) is 4. The van der Waals surface area contributed by atoms with Crippen molar-refractivity contribution in [2.75, 3.05) is 10.9 Å². The van der Waals surface area contributed by atoms with E-state index in [2.05, 4.69) is 20.8 Å². The molecule has 3 rings (SSSR count). The van der Waals surface area contributed by atoms with Crippen molar-refractivity contribution in [1.29, 1.82) is 0 Å². The van der Waals surface area contributed by atoms with Gasteiger partial charge in [0, 0.05) is 0 Å². The SMILES string of the molecule is Cc1ccc(N(C(=O)COc2ccccc2C(C)(C)C)S(=O)(=O)c2ccc(C)cc2)cc1. The lowest BCUT2D eigenvalue weighted by atomic mass is 9.86. The molecule has 0 spiro atoms. The first kappa shape index (κ1) is 23.5. The molecule has 0 bridgehead atoms. The summed E-state index contributed by atoms with van der Waals surface area (Å²) in [6.07, 6.45) is 0. The Bertz CT molecular complexity index is 1190. The largest absolute Gasteiger partial charge is 0.483 e. The van der Waals surface area contributed by atoms with Crippen LogP contribution in [0.1, 0.15) is 37.5 Å². The van der Waals surface area contributed by atoms with Crippen molar-refractivity contribution in [3.63, 3.8) is 0 Å². The Morgan fingerprint density at radius 3 is 1.94 bits per heavy atom. The van der Waals surface area contributed by atoms with Gasteiger partial charge in [-0.2, -0.15) is 4.31 Å². The molecule has 6 heteroatoms. The van der Waals surface area contributed by atoms with E-state index in [9.17, 15) is 13.2 Å². The van der Waals surface area contributed by atoms with Crippen LogP contribution in [0.5, 0.6) is 5.75 Å². The van der Waals surface area contributed by atoms with Gasteiger partial charge in [-0.25, -0.2) is 8.42 Å². The summed E-state index contributed by atoms with van der Waals surface area (Å²) >= 11 is 0. The van der Waals surface area contributed by atoms with Crippen molar-refractivity contribution in [2.45, 2.75) is 44.9 Å². The van der Waals surface area contributed by atoms with E-state index in [4.69, 9.17) is 4.74 Å². The minimum atomic E-state index is -4.12. The van der Waals surface area contributed by atoms with Crippen LogP contribution in [0.25, 0.3) is 0 Å². The number of sulfonamides is 1. The van der Waals surface area contributed by atoms with Crippen molar-refractivity contribution in [3.8, 4) is 5.75 Å². The van der Waals surface area contributed by atoms with Gasteiger partial charge in [0.05, 0.1) is 10.6 Å². The van der Waals surface area contributed by atoms with Crippen LogP contribution in [0.15, 0.2) is 77.7 Å². The number of aryl methyl sites for hydroxylation is 2. The molecule has 0 saturated heterocycles. The molecule has 0 aliphatic heterocycles. The minimum absolute atomic E-state index is 0.0483. The quantitative estimate of drug-likeness (QED) is 0.503. The number of ether oxygens (including phenoxy) is 1. The Morgan fingerprint density at radius 2 is 1.38 bits per heavy atom. The molecule has 32 heavy (non-hydrogen) atoms. The molecule has 3 aromatic rings. The molecular weight excluding hydrogens is 422 g/mol. The average molecular weight is 452 g/mol. The van der Waals surface area contributed by atoms with Crippen LogP contribution in [-0.4, -0.2) is 20.9 Å². The smallest absolute Gasteiger partial charge is 0.278 e. The van der Waals surface area contributed by atoms with Crippen LogP contribution in [-0.2, 0) is 20.2 Å². The predicted octanol–water partition coefficient (Wildman–Crippen LogP) is 5.40. The maximum absolute atomic E-state index is 13.5. The van der Waals surface area contributed by atoms with Gasteiger partial charge in [-0.1, -0.05) is 74.4 Å². The Labute approximate surface area is 190 Å². The molecule has 3 aromatic carbocycles. The highest BCUT2D eigenvalue weighted by molar-refractivity contribution is 7.93. The van der Waals surface area contributed by atoms with Gasteiger partial charge in [-0.15, -0.1) is 0 Å². The summed E-state index contributed by atoms with van der Waals surface area (Å²) in [5.41, 5.74) is 2.91. The van der Waals surface area contributed by atoms with E-state index in [0.29, 0.717) is 5.75 Å². The van der Waals surface area contributed by atoms with E-state index in [1.54, 1.807) is 42.5 Å². The van der Waals surface area contributed by atoms with Crippen molar-refractivity contribution >= 4 is 21.6 Å². The Balaban J connectivity index is 1.97. The summed E-state index contributed by atoms with van der Waals surface area (Å²) in [5.74, 6) is -0.108. The summed E-state index contributed by atoms with van der Waals surface area (Å²) in [6, 6.07) is 20.7. The second-order valence-corrected chi connectivity index (χ2v) is 10.6. The lowest BCUT2D eigenvalue weighted by Gasteiger charge is -2.25. The zero-order chi connectivity index (χ0) is 23.5. The van der Waals surface area contributed by atoms with E-state index >= 15 is 0 Å². The molecule has 0 aliphatic rings. The minimum Gasteiger partial charge on any atom is -0.483 e. The molecule has 0 atom stereocenters. The van der Waals surface area contributed by atoms with Gasteiger partial charge in [0.25, 0.3) is 15.9 Å². The maximum atomic E-state index is 13.5. The highest BCUT2D eigenvalue weighted by Crippen LogP contribution is 2.31. The van der Waals surface area contributed by atoms with Crippen LogP contribution in [0.4, 0.5) is 5.69 Å². The monoisotopic (exact) mass is 451 g/mol. The fourth-order valence-electron chi connectivity index (χ4n) is 3.32. The summed E-state index contributed by atoms with van der Waals surface area (Å²) in [7, 11) is -4.12. The van der Waals surface area contributed by atoms with Crippen molar-refractivity contribution < 1.29 is 17.9 Å². The number of rotatable bonds is 6. The molecule has 0 heterocycles. The van der Waals surface area contributed by atoms with E-state index in [1.165, 1.54) is 12.1 Å². The molecule has 1 amide bonds. The van der Waals surface area contributed by atoms with Gasteiger partial charge in [0.1, 0.15) is 5.75 Å². The second kappa shape index (κ2) is 9.17. The lowest BCUT2D eigenvalue weighted by Crippen LogP contribution is -2.40. The average Bonchev–Trinajstić information content (AvgIpc) is 2.73. The first-order valence-electron chi connectivity index (χ1n) is 10.4. The zero-order valence-corrected chi connectivity index (χ0v) is 19.9. The van der Waals surface area contributed by atoms with Crippen molar-refractivity contribution in [2.24, 2.45) is 0 Å². The van der Waals surface area contributed by atoms with Crippen LogP contribution < -0.4 is 9.04 Å². The summed E-state index contributed by atoms with van der Waals surface area (Å²) in [4.78, 5) is 13.3. The fraction of sp³-hybridized carbons (Fsp3) is 0.269. The Kier molecular flexibility index (Phi) is 6.74. The molecule has 0 unspecified atom stereocenters. The van der Waals surface area contributed by atoms with Crippen molar-refractivity contribution in [1.82, 2.24) is 0 Å². The summed E-state index contributed by atoms with van der Waals surface area (Å²) in [5, 5.41) is 0. The molecular formula is C26H29NO4S. The van der Waals surface area contributed by atoms with Gasteiger partial charge >= 0.3 is 0 Å². The third kappa shape index (κ3) is 5.19. The van der Waals surface area contributed by atoms with E-state index < -0.39 is 22.5 Å². The number of carbonyl (C=O) groups is 1. The number of nitrogens with zero attached hydrogens (tertiary/aromatic N) is 1.